The number of rotatable bonds is 47. The van der Waals surface area contributed by atoms with E-state index in [4.69, 9.17) is 18.5 Å². The fourth-order valence-corrected chi connectivity index (χ4v) is 7.43. The Bertz CT molecular complexity index is 1360. The number of phosphoric ester groups is 1. The summed E-state index contributed by atoms with van der Waals surface area (Å²) in [6.45, 7) is 5.15. The summed E-state index contributed by atoms with van der Waals surface area (Å²) in [4.78, 5) is 25.2. The van der Waals surface area contributed by atoms with Crippen molar-refractivity contribution >= 4 is 13.8 Å². The normalized spacial score (nSPS) is 14.4. The van der Waals surface area contributed by atoms with E-state index in [0.29, 0.717) is 24.1 Å². The fourth-order valence-electron chi connectivity index (χ4n) is 6.71. The van der Waals surface area contributed by atoms with Crippen LogP contribution in [0.5, 0.6) is 0 Å². The maximum absolute atomic E-state index is 12.8. The highest BCUT2D eigenvalue weighted by Gasteiger charge is 2.20. The molecule has 2 unspecified atom stereocenters. The van der Waals surface area contributed by atoms with Gasteiger partial charge in [0.05, 0.1) is 34.4 Å². The third-order valence-corrected chi connectivity index (χ3v) is 11.6. The van der Waals surface area contributed by atoms with Crippen molar-refractivity contribution in [1.29, 1.82) is 0 Å². The number of carbonyl (C=O) groups is 1. The van der Waals surface area contributed by atoms with Crippen molar-refractivity contribution in [2.75, 3.05) is 54.1 Å². The van der Waals surface area contributed by atoms with Gasteiger partial charge in [0.25, 0.3) is 7.82 Å². The van der Waals surface area contributed by atoms with E-state index in [1.807, 2.05) is 21.1 Å². The van der Waals surface area contributed by atoms with Gasteiger partial charge in [-0.1, -0.05) is 195 Å². The van der Waals surface area contributed by atoms with E-state index in [9.17, 15) is 14.3 Å². The number of likely N-dealkylation sites (N-methyl/N-ethyl adjacent to an activating group) is 1. The smallest absolute Gasteiger partial charge is 0.306 e. The summed E-state index contributed by atoms with van der Waals surface area (Å²) >= 11 is 0. The number of hydrogen-bond donors (Lipinski definition) is 0. The van der Waals surface area contributed by atoms with Crippen LogP contribution < -0.4 is 4.89 Å². The van der Waals surface area contributed by atoms with Crippen molar-refractivity contribution in [2.24, 2.45) is 0 Å². The quantitative estimate of drug-likeness (QED) is 0.0197. The van der Waals surface area contributed by atoms with E-state index in [1.54, 1.807) is 0 Å². The van der Waals surface area contributed by atoms with Gasteiger partial charge in [0.2, 0.25) is 0 Å². The molecule has 0 amide bonds. The van der Waals surface area contributed by atoms with E-state index < -0.39 is 13.9 Å². The van der Waals surface area contributed by atoms with E-state index in [2.05, 4.69) is 111 Å². The monoisotopic (exact) mass is 928 g/mol. The molecule has 0 aromatic heterocycles. The molecule has 0 aliphatic carbocycles. The van der Waals surface area contributed by atoms with E-state index in [-0.39, 0.29) is 25.8 Å². The molecular formula is C56H98NO7P. The first-order chi connectivity index (χ1) is 31.6. The van der Waals surface area contributed by atoms with Crippen molar-refractivity contribution in [3.63, 3.8) is 0 Å². The van der Waals surface area contributed by atoms with Crippen LogP contribution in [-0.4, -0.2) is 70.7 Å². The number of quaternary nitrogens is 1. The predicted molar refractivity (Wildman–Crippen MR) is 277 cm³/mol. The molecule has 0 rings (SSSR count). The average Bonchev–Trinajstić information content (AvgIpc) is 3.27. The van der Waals surface area contributed by atoms with Crippen LogP contribution in [-0.2, 0) is 27.9 Å². The van der Waals surface area contributed by atoms with Gasteiger partial charge >= 0.3 is 5.97 Å². The molecule has 0 spiro atoms. The molecule has 65 heavy (non-hydrogen) atoms. The van der Waals surface area contributed by atoms with Crippen molar-refractivity contribution in [1.82, 2.24) is 0 Å². The largest absolute Gasteiger partial charge is 0.756 e. The summed E-state index contributed by atoms with van der Waals surface area (Å²) in [5.41, 5.74) is 0. The minimum atomic E-state index is -4.54. The highest BCUT2D eigenvalue weighted by atomic mass is 31.2. The Balaban J connectivity index is 4.17. The Morgan fingerprint density at radius 3 is 1.26 bits per heavy atom. The van der Waals surface area contributed by atoms with Gasteiger partial charge in [-0.25, -0.2) is 0 Å². The summed E-state index contributed by atoms with van der Waals surface area (Å²) in [6.07, 6.45) is 65.7. The van der Waals surface area contributed by atoms with Crippen LogP contribution >= 0.6 is 7.82 Å². The number of nitrogens with zero attached hydrogens (tertiary/aromatic N) is 1. The second kappa shape index (κ2) is 47.9. The summed E-state index contributed by atoms with van der Waals surface area (Å²) in [7, 11) is 1.33. The minimum absolute atomic E-state index is 0.0173. The van der Waals surface area contributed by atoms with Gasteiger partial charge in [-0.05, 0) is 89.9 Å². The lowest BCUT2D eigenvalue weighted by Crippen LogP contribution is -2.37. The molecule has 0 saturated carbocycles. The highest BCUT2D eigenvalue weighted by Crippen LogP contribution is 2.38. The molecule has 8 nitrogen and oxygen atoms in total. The number of esters is 1. The molecule has 374 valence electrons. The van der Waals surface area contributed by atoms with Crippen molar-refractivity contribution < 1.29 is 37.3 Å². The van der Waals surface area contributed by atoms with Gasteiger partial charge in [0, 0.05) is 13.0 Å². The number of ether oxygens (including phenoxy) is 2. The molecule has 0 N–H and O–H groups in total. The number of carbonyl (C=O) groups excluding carboxylic acids is 1. The summed E-state index contributed by atoms with van der Waals surface area (Å²) in [5, 5.41) is 0. The highest BCUT2D eigenvalue weighted by molar-refractivity contribution is 7.45. The van der Waals surface area contributed by atoms with Crippen LogP contribution in [0.25, 0.3) is 0 Å². The molecule has 0 saturated heterocycles. The van der Waals surface area contributed by atoms with Crippen LogP contribution in [0.2, 0.25) is 0 Å². The first-order valence-electron chi connectivity index (χ1n) is 26.0. The number of phosphoric acid groups is 1. The molecule has 0 radical (unpaired) electrons. The molecule has 0 fully saturated rings. The second-order valence-electron chi connectivity index (χ2n) is 18.1. The van der Waals surface area contributed by atoms with E-state index >= 15 is 0 Å². The van der Waals surface area contributed by atoms with Crippen molar-refractivity contribution in [3.8, 4) is 0 Å². The zero-order chi connectivity index (χ0) is 47.6. The Morgan fingerprint density at radius 2 is 0.846 bits per heavy atom. The van der Waals surface area contributed by atoms with Gasteiger partial charge in [-0.2, -0.15) is 0 Å². The van der Waals surface area contributed by atoms with Gasteiger partial charge < -0.3 is 27.9 Å². The van der Waals surface area contributed by atoms with Crippen LogP contribution in [0.1, 0.15) is 194 Å². The SMILES string of the molecule is CC/C=C\C/C=C\C/C=C\C/C=C\CCCCCCCCCCCCCOCC(COP(=O)([O-])OCC[N+](C)(C)C)OC(=O)CCCCCCCC/C=C\C/C=C\C/C=C\C/C=C\CC. The van der Waals surface area contributed by atoms with E-state index in [0.717, 1.165) is 96.3 Å². The Morgan fingerprint density at radius 1 is 0.477 bits per heavy atom. The zero-order valence-electron chi connectivity index (χ0n) is 42.4. The Labute approximate surface area is 400 Å². The first-order valence-corrected chi connectivity index (χ1v) is 27.4. The van der Waals surface area contributed by atoms with Crippen molar-refractivity contribution in [3.05, 3.63) is 97.2 Å². The third-order valence-electron chi connectivity index (χ3n) is 10.6. The first kappa shape index (κ1) is 62.4. The van der Waals surface area contributed by atoms with Crippen LogP contribution in [0, 0.1) is 0 Å². The second-order valence-corrected chi connectivity index (χ2v) is 19.5. The van der Waals surface area contributed by atoms with Gasteiger partial charge in [0.15, 0.2) is 0 Å². The maximum atomic E-state index is 12.8. The van der Waals surface area contributed by atoms with Crippen LogP contribution in [0.15, 0.2) is 97.2 Å². The molecule has 0 aromatic carbocycles. The molecule has 0 aliphatic heterocycles. The predicted octanol–water partition coefficient (Wildman–Crippen LogP) is 15.5. The standard InChI is InChI=1S/C56H98NO7P/c1-6-8-10-12-14-16-18-20-22-24-26-27-28-29-30-32-34-36-38-40-42-44-46-48-51-61-53-55(54-63-65(59,60)62-52-50-57(3,4)5)64-56(58)49-47-45-43-41-39-37-35-33-31-25-23-21-19-17-15-13-11-9-7-2/h8-11,14-17,20-23,26-27,31,33,55H,6-7,12-13,18-19,24-25,28-30,32,34-54H2,1-5H3/b10-8-,11-9-,16-14-,17-15-,22-20-,23-21-,27-26-,33-31-. The Hall–Kier alpha value is -2.58. The molecule has 9 heteroatoms. The molecule has 0 heterocycles. The van der Waals surface area contributed by atoms with Crippen LogP contribution in [0.3, 0.4) is 0 Å². The van der Waals surface area contributed by atoms with Gasteiger partial charge in [-0.15, -0.1) is 0 Å². The zero-order valence-corrected chi connectivity index (χ0v) is 43.3. The van der Waals surface area contributed by atoms with E-state index in [1.165, 1.54) is 77.0 Å². The van der Waals surface area contributed by atoms with Gasteiger partial charge in [0.1, 0.15) is 19.3 Å². The van der Waals surface area contributed by atoms with Crippen molar-refractivity contribution in [2.45, 2.75) is 200 Å². The minimum Gasteiger partial charge on any atom is -0.756 e. The number of hydrogen-bond acceptors (Lipinski definition) is 7. The molecule has 2 atom stereocenters. The number of allylic oxidation sites excluding steroid dienone is 16. The third kappa shape index (κ3) is 52.3. The Kier molecular flexibility index (Phi) is 46.0. The average molecular weight is 928 g/mol. The lowest BCUT2D eigenvalue weighted by atomic mass is 10.1. The number of unbranched alkanes of at least 4 members (excludes halogenated alkanes) is 17. The topological polar surface area (TPSA) is 94.1 Å². The maximum Gasteiger partial charge on any atom is 0.306 e. The lowest BCUT2D eigenvalue weighted by Gasteiger charge is -2.28. The van der Waals surface area contributed by atoms with Gasteiger partial charge in [-0.3, -0.25) is 9.36 Å². The molecule has 0 aliphatic rings. The molecule has 0 bridgehead atoms. The summed E-state index contributed by atoms with van der Waals surface area (Å²) < 4.78 is 34.7. The summed E-state index contributed by atoms with van der Waals surface area (Å²) in [5.74, 6) is -0.352. The molecule has 0 aromatic rings. The fraction of sp³-hybridized carbons (Fsp3) is 0.696. The molecular weight excluding hydrogens is 830 g/mol. The summed E-state index contributed by atoms with van der Waals surface area (Å²) in [6, 6.07) is 0. The lowest BCUT2D eigenvalue weighted by molar-refractivity contribution is -0.870. The van der Waals surface area contributed by atoms with Crippen LogP contribution in [0.4, 0.5) is 0 Å².